The number of hydrogen-bond donors (Lipinski definition) is 2. The second-order valence-corrected chi connectivity index (χ2v) is 6.43. The SMILES string of the molecule is O=C(NCc1ccc(Cl)s1)N[C@H]1CCc2ncnn2C1. The standard InChI is InChI=1S/C12H14ClN5OS/c13-10-3-2-9(20-10)5-14-12(19)17-8-1-4-11-15-7-16-18(11)6-8/h2-3,7-8H,1,4-6H2,(H2,14,17,19)/t8-/m0/s1. The van der Waals surface area contributed by atoms with E-state index in [9.17, 15) is 4.79 Å². The smallest absolute Gasteiger partial charge is 0.315 e. The van der Waals surface area contributed by atoms with Gasteiger partial charge in [0.1, 0.15) is 12.2 Å². The predicted molar refractivity (Wildman–Crippen MR) is 76.8 cm³/mol. The van der Waals surface area contributed by atoms with E-state index in [4.69, 9.17) is 11.6 Å². The van der Waals surface area contributed by atoms with Gasteiger partial charge in [-0.15, -0.1) is 11.3 Å². The molecule has 0 saturated heterocycles. The number of hydrogen-bond acceptors (Lipinski definition) is 4. The van der Waals surface area contributed by atoms with E-state index >= 15 is 0 Å². The second kappa shape index (κ2) is 5.80. The zero-order valence-corrected chi connectivity index (χ0v) is 12.2. The Labute approximate surface area is 125 Å². The normalized spacial score (nSPS) is 17.6. The molecule has 0 unspecified atom stereocenters. The summed E-state index contributed by atoms with van der Waals surface area (Å²) in [5.74, 6) is 0.983. The van der Waals surface area contributed by atoms with E-state index in [1.165, 1.54) is 11.3 Å². The zero-order chi connectivity index (χ0) is 13.9. The highest BCUT2D eigenvalue weighted by atomic mass is 35.5. The summed E-state index contributed by atoms with van der Waals surface area (Å²) in [7, 11) is 0. The molecule has 0 aromatic carbocycles. The highest BCUT2D eigenvalue weighted by Crippen LogP contribution is 2.21. The van der Waals surface area contributed by atoms with Crippen molar-refractivity contribution in [2.75, 3.05) is 0 Å². The third-order valence-electron chi connectivity index (χ3n) is 3.19. The first kappa shape index (κ1) is 13.4. The van der Waals surface area contributed by atoms with Crippen molar-refractivity contribution in [3.8, 4) is 0 Å². The number of nitrogens with one attached hydrogen (secondary N) is 2. The molecule has 2 N–H and O–H groups in total. The number of aryl methyl sites for hydroxylation is 1. The maximum atomic E-state index is 11.8. The van der Waals surface area contributed by atoms with Gasteiger partial charge in [-0.05, 0) is 18.6 Å². The number of urea groups is 1. The van der Waals surface area contributed by atoms with Gasteiger partial charge in [-0.2, -0.15) is 5.10 Å². The largest absolute Gasteiger partial charge is 0.334 e. The lowest BCUT2D eigenvalue weighted by molar-refractivity contribution is 0.231. The molecule has 0 bridgehead atoms. The molecule has 20 heavy (non-hydrogen) atoms. The number of aromatic nitrogens is 3. The van der Waals surface area contributed by atoms with Crippen molar-refractivity contribution in [2.45, 2.75) is 32.0 Å². The Kier molecular flexibility index (Phi) is 3.88. The second-order valence-electron chi connectivity index (χ2n) is 4.63. The number of carbonyl (C=O) groups excluding carboxylic acids is 1. The van der Waals surface area contributed by atoms with Gasteiger partial charge in [-0.3, -0.25) is 0 Å². The molecule has 0 saturated carbocycles. The van der Waals surface area contributed by atoms with Gasteiger partial charge < -0.3 is 10.6 Å². The van der Waals surface area contributed by atoms with E-state index in [1.54, 1.807) is 6.33 Å². The molecule has 0 spiro atoms. The van der Waals surface area contributed by atoms with Gasteiger partial charge in [0.05, 0.1) is 23.5 Å². The fourth-order valence-corrected chi connectivity index (χ4v) is 3.23. The van der Waals surface area contributed by atoms with Crippen molar-refractivity contribution in [1.29, 1.82) is 0 Å². The lowest BCUT2D eigenvalue weighted by Gasteiger charge is -2.23. The number of carbonyl (C=O) groups is 1. The lowest BCUT2D eigenvalue weighted by atomic mass is 10.1. The third-order valence-corrected chi connectivity index (χ3v) is 4.42. The van der Waals surface area contributed by atoms with Crippen molar-refractivity contribution in [3.63, 3.8) is 0 Å². The van der Waals surface area contributed by atoms with Gasteiger partial charge in [0.2, 0.25) is 0 Å². The van der Waals surface area contributed by atoms with Crippen LogP contribution in [0.25, 0.3) is 0 Å². The Morgan fingerprint density at radius 3 is 3.25 bits per heavy atom. The maximum absolute atomic E-state index is 11.8. The Bertz CT molecular complexity index is 611. The topological polar surface area (TPSA) is 71.8 Å². The molecule has 2 aromatic heterocycles. The molecule has 6 nitrogen and oxygen atoms in total. The first-order valence-electron chi connectivity index (χ1n) is 6.36. The molecule has 1 aliphatic rings. The van der Waals surface area contributed by atoms with Crippen LogP contribution >= 0.6 is 22.9 Å². The number of nitrogens with zero attached hydrogens (tertiary/aromatic N) is 3. The van der Waals surface area contributed by atoms with Crippen molar-refractivity contribution in [2.24, 2.45) is 0 Å². The first-order chi connectivity index (χ1) is 9.70. The van der Waals surface area contributed by atoms with Crippen LogP contribution in [0.3, 0.4) is 0 Å². The number of rotatable bonds is 3. The van der Waals surface area contributed by atoms with Crippen LogP contribution in [0.15, 0.2) is 18.5 Å². The summed E-state index contributed by atoms with van der Waals surface area (Å²) >= 11 is 7.31. The molecular weight excluding hydrogens is 298 g/mol. The monoisotopic (exact) mass is 311 g/mol. The molecule has 106 valence electrons. The summed E-state index contributed by atoms with van der Waals surface area (Å²) in [6.45, 7) is 1.16. The van der Waals surface area contributed by atoms with Crippen LogP contribution in [-0.4, -0.2) is 26.8 Å². The predicted octanol–water partition coefficient (Wildman–Crippen LogP) is 1.81. The molecule has 3 heterocycles. The average molecular weight is 312 g/mol. The highest BCUT2D eigenvalue weighted by Gasteiger charge is 2.21. The van der Waals surface area contributed by atoms with E-state index in [1.807, 2.05) is 16.8 Å². The van der Waals surface area contributed by atoms with Gasteiger partial charge in [0.25, 0.3) is 0 Å². The molecule has 8 heteroatoms. The molecule has 0 aliphatic carbocycles. The van der Waals surface area contributed by atoms with Crippen LogP contribution in [-0.2, 0) is 19.5 Å². The van der Waals surface area contributed by atoms with Gasteiger partial charge in [-0.25, -0.2) is 14.5 Å². The van der Waals surface area contributed by atoms with Crippen LogP contribution in [0.5, 0.6) is 0 Å². The van der Waals surface area contributed by atoms with E-state index in [2.05, 4.69) is 20.7 Å². The Morgan fingerprint density at radius 2 is 2.45 bits per heavy atom. The lowest BCUT2D eigenvalue weighted by Crippen LogP contribution is -2.45. The zero-order valence-electron chi connectivity index (χ0n) is 10.7. The summed E-state index contributed by atoms with van der Waals surface area (Å²) in [6, 6.07) is 3.67. The highest BCUT2D eigenvalue weighted by molar-refractivity contribution is 7.16. The summed E-state index contributed by atoms with van der Waals surface area (Å²) in [6.07, 6.45) is 3.28. The Morgan fingerprint density at radius 1 is 1.55 bits per heavy atom. The number of amides is 2. The summed E-state index contributed by atoms with van der Waals surface area (Å²) in [5, 5.41) is 9.92. The van der Waals surface area contributed by atoms with Crippen LogP contribution in [0.4, 0.5) is 4.79 Å². The minimum Gasteiger partial charge on any atom is -0.334 e. The van der Waals surface area contributed by atoms with E-state index in [0.717, 1.165) is 27.9 Å². The third kappa shape index (κ3) is 3.10. The molecule has 1 aliphatic heterocycles. The summed E-state index contributed by atoms with van der Waals surface area (Å²) in [4.78, 5) is 17.0. The number of thiophene rings is 1. The first-order valence-corrected chi connectivity index (χ1v) is 7.55. The minimum absolute atomic E-state index is 0.0936. The van der Waals surface area contributed by atoms with E-state index < -0.39 is 0 Å². The minimum atomic E-state index is -0.164. The van der Waals surface area contributed by atoms with Crippen molar-refractivity contribution in [3.05, 3.63) is 33.5 Å². The van der Waals surface area contributed by atoms with Crippen molar-refractivity contribution in [1.82, 2.24) is 25.4 Å². The number of halogens is 1. The molecular formula is C12H14ClN5OS. The van der Waals surface area contributed by atoms with Gasteiger partial charge in [0, 0.05) is 11.3 Å². The average Bonchev–Trinajstić information content (AvgIpc) is 3.04. The quantitative estimate of drug-likeness (QED) is 0.908. The van der Waals surface area contributed by atoms with Crippen LogP contribution in [0, 0.1) is 0 Å². The van der Waals surface area contributed by atoms with Crippen molar-refractivity contribution >= 4 is 29.0 Å². The molecule has 1 atom stereocenters. The molecule has 0 fully saturated rings. The maximum Gasteiger partial charge on any atom is 0.315 e. The molecule has 3 rings (SSSR count). The molecule has 2 amide bonds. The fourth-order valence-electron chi connectivity index (χ4n) is 2.21. The Balaban J connectivity index is 1.47. The molecule has 2 aromatic rings. The van der Waals surface area contributed by atoms with Gasteiger partial charge in [-0.1, -0.05) is 11.6 Å². The van der Waals surface area contributed by atoms with Crippen LogP contribution in [0.2, 0.25) is 4.34 Å². The van der Waals surface area contributed by atoms with Gasteiger partial charge >= 0.3 is 6.03 Å². The summed E-state index contributed by atoms with van der Waals surface area (Å²) < 4.78 is 2.57. The van der Waals surface area contributed by atoms with E-state index in [0.29, 0.717) is 13.1 Å². The van der Waals surface area contributed by atoms with E-state index in [-0.39, 0.29) is 12.1 Å². The fraction of sp³-hybridized carbons (Fsp3) is 0.417. The molecule has 0 radical (unpaired) electrons. The van der Waals surface area contributed by atoms with Gasteiger partial charge in [0.15, 0.2) is 0 Å². The summed E-state index contributed by atoms with van der Waals surface area (Å²) in [5.41, 5.74) is 0. The Hall–Kier alpha value is -1.60. The van der Waals surface area contributed by atoms with Crippen LogP contribution in [0.1, 0.15) is 17.1 Å². The number of fused-ring (bicyclic) bond motifs is 1. The van der Waals surface area contributed by atoms with Crippen LogP contribution < -0.4 is 10.6 Å². The van der Waals surface area contributed by atoms with Crippen molar-refractivity contribution < 1.29 is 4.79 Å².